The molecule has 0 aliphatic rings. The minimum Gasteiger partial charge on any atom is -0.388 e. The molecule has 0 saturated heterocycles. The molecule has 1 N–H and O–H groups in total. The first-order valence-electron chi connectivity index (χ1n) is 6.65. The minimum absolute atomic E-state index is 0.470. The van der Waals surface area contributed by atoms with Crippen LogP contribution in [0.1, 0.15) is 39.7 Å². The normalized spacial score (nSPS) is 12.5. The number of pyridine rings is 1. The van der Waals surface area contributed by atoms with Crippen molar-refractivity contribution in [1.82, 2.24) is 4.98 Å². The molecule has 0 fully saturated rings. The summed E-state index contributed by atoms with van der Waals surface area (Å²) in [6.07, 6.45) is 0.173. The molecule has 1 unspecified atom stereocenters. The van der Waals surface area contributed by atoms with Gasteiger partial charge < -0.3 is 5.11 Å². The number of aryl methyl sites for hydroxylation is 4. The first-order chi connectivity index (χ1) is 8.95. The van der Waals surface area contributed by atoms with Gasteiger partial charge in [0, 0.05) is 17.8 Å². The Bertz CT molecular complexity index is 570. The molecule has 2 nitrogen and oxygen atoms in total. The lowest BCUT2D eigenvalue weighted by molar-refractivity contribution is 0.178. The average molecular weight is 255 g/mol. The molecule has 0 bridgehead atoms. The first-order valence-corrected chi connectivity index (χ1v) is 6.65. The van der Waals surface area contributed by atoms with Crippen LogP contribution in [0.3, 0.4) is 0 Å². The largest absolute Gasteiger partial charge is 0.388 e. The molecule has 2 rings (SSSR count). The summed E-state index contributed by atoms with van der Waals surface area (Å²) in [6, 6.07) is 10.3. The molecule has 0 spiro atoms. The SMILES string of the molecule is Cc1cc(C(O)Cc2ccc(C)c(C)c2)cc(C)n1. The zero-order valence-electron chi connectivity index (χ0n) is 12.1. The number of hydrogen-bond acceptors (Lipinski definition) is 2. The Kier molecular flexibility index (Phi) is 4.01. The highest BCUT2D eigenvalue weighted by Gasteiger charge is 2.10. The Morgan fingerprint density at radius 3 is 2.16 bits per heavy atom. The maximum absolute atomic E-state index is 10.4. The van der Waals surface area contributed by atoms with Crippen LogP contribution in [0.4, 0.5) is 0 Å². The molecule has 0 aliphatic carbocycles. The highest BCUT2D eigenvalue weighted by atomic mass is 16.3. The third-order valence-electron chi connectivity index (χ3n) is 3.49. The summed E-state index contributed by atoms with van der Waals surface area (Å²) in [5.41, 5.74) is 6.58. The topological polar surface area (TPSA) is 33.1 Å². The van der Waals surface area contributed by atoms with Gasteiger partial charge in [-0.05, 0) is 62.1 Å². The fourth-order valence-electron chi connectivity index (χ4n) is 2.33. The summed E-state index contributed by atoms with van der Waals surface area (Å²) >= 11 is 0. The Balaban J connectivity index is 2.20. The van der Waals surface area contributed by atoms with E-state index >= 15 is 0 Å². The van der Waals surface area contributed by atoms with Gasteiger partial charge in [0.2, 0.25) is 0 Å². The van der Waals surface area contributed by atoms with Gasteiger partial charge in [0.05, 0.1) is 6.10 Å². The van der Waals surface area contributed by atoms with E-state index in [-0.39, 0.29) is 0 Å². The molecule has 0 radical (unpaired) electrons. The first kappa shape index (κ1) is 13.8. The van der Waals surface area contributed by atoms with Crippen molar-refractivity contribution in [3.8, 4) is 0 Å². The third-order valence-corrected chi connectivity index (χ3v) is 3.49. The van der Waals surface area contributed by atoms with Gasteiger partial charge in [-0.1, -0.05) is 18.2 Å². The zero-order chi connectivity index (χ0) is 14.0. The van der Waals surface area contributed by atoms with Gasteiger partial charge in [-0.15, -0.1) is 0 Å². The lowest BCUT2D eigenvalue weighted by atomic mass is 9.98. The number of aliphatic hydroxyl groups excluding tert-OH is 1. The third kappa shape index (κ3) is 3.42. The minimum atomic E-state index is -0.470. The molecule has 2 heteroatoms. The number of hydrogen-bond donors (Lipinski definition) is 1. The number of aliphatic hydroxyl groups is 1. The van der Waals surface area contributed by atoms with E-state index in [9.17, 15) is 5.11 Å². The van der Waals surface area contributed by atoms with Gasteiger partial charge in [-0.25, -0.2) is 0 Å². The van der Waals surface area contributed by atoms with Crippen molar-refractivity contribution in [2.24, 2.45) is 0 Å². The van der Waals surface area contributed by atoms with E-state index in [1.165, 1.54) is 16.7 Å². The molecule has 100 valence electrons. The lowest BCUT2D eigenvalue weighted by Gasteiger charge is -2.13. The van der Waals surface area contributed by atoms with Crippen LogP contribution in [0, 0.1) is 27.7 Å². The van der Waals surface area contributed by atoms with E-state index in [1.807, 2.05) is 26.0 Å². The van der Waals surface area contributed by atoms with Crippen LogP contribution in [0.5, 0.6) is 0 Å². The Morgan fingerprint density at radius 2 is 1.58 bits per heavy atom. The van der Waals surface area contributed by atoms with Gasteiger partial charge >= 0.3 is 0 Å². The standard InChI is InChI=1S/C17H21NO/c1-11-5-6-15(7-12(11)2)10-17(19)16-8-13(3)18-14(4)9-16/h5-9,17,19H,10H2,1-4H3. The maximum atomic E-state index is 10.4. The highest BCUT2D eigenvalue weighted by Crippen LogP contribution is 2.21. The predicted molar refractivity (Wildman–Crippen MR) is 78.3 cm³/mol. The van der Waals surface area contributed by atoms with Crippen molar-refractivity contribution < 1.29 is 5.11 Å². The van der Waals surface area contributed by atoms with Crippen LogP contribution in [-0.4, -0.2) is 10.1 Å². The highest BCUT2D eigenvalue weighted by molar-refractivity contribution is 5.31. The van der Waals surface area contributed by atoms with Crippen LogP contribution in [0.15, 0.2) is 30.3 Å². The summed E-state index contributed by atoms with van der Waals surface area (Å²) in [5.74, 6) is 0. The van der Waals surface area contributed by atoms with Gasteiger partial charge in [0.1, 0.15) is 0 Å². The summed E-state index contributed by atoms with van der Waals surface area (Å²) in [5, 5.41) is 10.4. The molecule has 1 aromatic heterocycles. The van der Waals surface area contributed by atoms with Crippen molar-refractivity contribution in [2.45, 2.75) is 40.2 Å². The Hall–Kier alpha value is -1.67. The monoisotopic (exact) mass is 255 g/mol. The van der Waals surface area contributed by atoms with Gasteiger partial charge in [-0.2, -0.15) is 0 Å². The van der Waals surface area contributed by atoms with Crippen LogP contribution >= 0.6 is 0 Å². The van der Waals surface area contributed by atoms with E-state index in [4.69, 9.17) is 0 Å². The van der Waals surface area contributed by atoms with Gasteiger partial charge in [-0.3, -0.25) is 4.98 Å². The van der Waals surface area contributed by atoms with Crippen LogP contribution in [-0.2, 0) is 6.42 Å². The molecular weight excluding hydrogens is 234 g/mol. The van der Waals surface area contributed by atoms with Gasteiger partial charge in [0.25, 0.3) is 0 Å². The number of aromatic nitrogens is 1. The molecule has 1 atom stereocenters. The summed E-state index contributed by atoms with van der Waals surface area (Å²) in [4.78, 5) is 4.34. The lowest BCUT2D eigenvalue weighted by Crippen LogP contribution is -2.04. The predicted octanol–water partition coefficient (Wildman–Crippen LogP) is 3.59. The molecule has 0 amide bonds. The van der Waals surface area contributed by atoms with Gasteiger partial charge in [0.15, 0.2) is 0 Å². The molecular formula is C17H21NO. The second kappa shape index (κ2) is 5.54. The zero-order valence-corrected chi connectivity index (χ0v) is 12.1. The van der Waals surface area contributed by atoms with Crippen molar-refractivity contribution >= 4 is 0 Å². The summed E-state index contributed by atoms with van der Waals surface area (Å²) in [7, 11) is 0. The fourth-order valence-corrected chi connectivity index (χ4v) is 2.33. The Morgan fingerprint density at radius 1 is 0.947 bits per heavy atom. The molecule has 0 saturated carbocycles. The molecule has 0 aliphatic heterocycles. The summed E-state index contributed by atoms with van der Waals surface area (Å²) in [6.45, 7) is 8.12. The van der Waals surface area contributed by atoms with Crippen molar-refractivity contribution in [3.63, 3.8) is 0 Å². The Labute approximate surface area is 115 Å². The second-order valence-electron chi connectivity index (χ2n) is 5.32. The quantitative estimate of drug-likeness (QED) is 0.909. The average Bonchev–Trinajstić information content (AvgIpc) is 2.32. The second-order valence-corrected chi connectivity index (χ2v) is 5.32. The van der Waals surface area contributed by atoms with Crippen molar-refractivity contribution in [2.75, 3.05) is 0 Å². The number of rotatable bonds is 3. The molecule has 1 aromatic carbocycles. The van der Waals surface area contributed by atoms with E-state index in [1.54, 1.807) is 0 Å². The van der Waals surface area contributed by atoms with Crippen LogP contribution in [0.25, 0.3) is 0 Å². The van der Waals surface area contributed by atoms with Crippen LogP contribution < -0.4 is 0 Å². The van der Waals surface area contributed by atoms with Crippen molar-refractivity contribution in [1.29, 1.82) is 0 Å². The van der Waals surface area contributed by atoms with E-state index in [0.29, 0.717) is 6.42 Å². The van der Waals surface area contributed by atoms with E-state index in [2.05, 4.69) is 37.0 Å². The summed E-state index contributed by atoms with van der Waals surface area (Å²) < 4.78 is 0. The molecule has 1 heterocycles. The van der Waals surface area contributed by atoms with E-state index in [0.717, 1.165) is 17.0 Å². The van der Waals surface area contributed by atoms with Crippen molar-refractivity contribution in [3.05, 3.63) is 64.0 Å². The van der Waals surface area contributed by atoms with E-state index < -0.39 is 6.10 Å². The number of nitrogens with zero attached hydrogens (tertiary/aromatic N) is 1. The van der Waals surface area contributed by atoms with Crippen LogP contribution in [0.2, 0.25) is 0 Å². The number of benzene rings is 1. The fraction of sp³-hybridized carbons (Fsp3) is 0.353. The molecule has 2 aromatic rings. The maximum Gasteiger partial charge on any atom is 0.0831 e. The molecule has 19 heavy (non-hydrogen) atoms. The smallest absolute Gasteiger partial charge is 0.0831 e.